The molecule has 176 valence electrons. The minimum absolute atomic E-state index is 0.310. The number of benzene rings is 1. The lowest BCUT2D eigenvalue weighted by Gasteiger charge is -2.44. The molecule has 0 radical (unpaired) electrons. The van der Waals surface area contributed by atoms with Crippen molar-refractivity contribution in [2.45, 2.75) is 58.3 Å². The lowest BCUT2D eigenvalue weighted by molar-refractivity contribution is -0.257. The summed E-state index contributed by atoms with van der Waals surface area (Å²) in [7, 11) is 1.49. The molecule has 1 heterocycles. The third kappa shape index (κ3) is 7.12. The molecule has 0 bridgehead atoms. The molecule has 1 aliphatic rings. The molecule has 2 rings (SSSR count). The molecule has 0 aromatic heterocycles. The van der Waals surface area contributed by atoms with Crippen LogP contribution in [-0.4, -0.2) is 68.2 Å². The van der Waals surface area contributed by atoms with Crippen LogP contribution < -0.4 is 14.8 Å². The number of ether oxygens (including phenoxy) is 6. The van der Waals surface area contributed by atoms with Crippen molar-refractivity contribution in [2.24, 2.45) is 0 Å². The van der Waals surface area contributed by atoms with E-state index >= 15 is 0 Å². The van der Waals surface area contributed by atoms with Crippen LogP contribution in [0, 0.1) is 0 Å². The summed E-state index contributed by atoms with van der Waals surface area (Å²) in [5.41, 5.74) is 0. The molecule has 1 aromatic carbocycles. The molecule has 1 aliphatic heterocycles. The third-order valence-corrected chi connectivity index (χ3v) is 4.36. The van der Waals surface area contributed by atoms with Gasteiger partial charge in [-0.3, -0.25) is 19.2 Å². The van der Waals surface area contributed by atoms with E-state index in [0.717, 1.165) is 0 Å². The Balaban J connectivity index is 2.45. The molecule has 0 saturated carbocycles. The number of amides is 1. The van der Waals surface area contributed by atoms with Gasteiger partial charge < -0.3 is 33.7 Å². The van der Waals surface area contributed by atoms with E-state index in [9.17, 15) is 19.2 Å². The predicted molar refractivity (Wildman–Crippen MR) is 108 cm³/mol. The van der Waals surface area contributed by atoms with Gasteiger partial charge in [0.2, 0.25) is 12.2 Å². The molecule has 0 spiro atoms. The second-order valence-corrected chi connectivity index (χ2v) is 7.02. The van der Waals surface area contributed by atoms with Gasteiger partial charge in [-0.1, -0.05) is 6.07 Å². The van der Waals surface area contributed by atoms with Crippen molar-refractivity contribution in [3.63, 3.8) is 0 Å². The molecule has 11 nitrogen and oxygen atoms in total. The molecular weight excluding hydrogens is 426 g/mol. The van der Waals surface area contributed by atoms with Gasteiger partial charge in [-0.05, 0) is 12.1 Å². The van der Waals surface area contributed by atoms with Gasteiger partial charge in [0, 0.05) is 33.8 Å². The lowest BCUT2D eigenvalue weighted by atomic mass is 9.96. The van der Waals surface area contributed by atoms with Crippen molar-refractivity contribution in [3.05, 3.63) is 24.3 Å². The fourth-order valence-electron chi connectivity index (χ4n) is 3.20. The predicted octanol–water partition coefficient (Wildman–Crippen LogP) is 0.730. The number of hydrogen-bond acceptors (Lipinski definition) is 10. The van der Waals surface area contributed by atoms with Crippen LogP contribution in [0.4, 0.5) is 0 Å². The summed E-state index contributed by atoms with van der Waals surface area (Å²) in [5, 5.41) is 2.63. The van der Waals surface area contributed by atoms with Crippen LogP contribution in [0.25, 0.3) is 0 Å². The summed E-state index contributed by atoms with van der Waals surface area (Å²) in [5.74, 6) is -1.57. The van der Waals surface area contributed by atoms with Gasteiger partial charge in [-0.25, -0.2) is 0 Å². The zero-order valence-corrected chi connectivity index (χ0v) is 18.5. The maximum Gasteiger partial charge on any atom is 0.303 e. The zero-order valence-electron chi connectivity index (χ0n) is 18.5. The van der Waals surface area contributed by atoms with Crippen LogP contribution in [0.1, 0.15) is 27.7 Å². The third-order valence-electron chi connectivity index (χ3n) is 4.36. The summed E-state index contributed by atoms with van der Waals surface area (Å²) in [6, 6.07) is 5.57. The lowest BCUT2D eigenvalue weighted by Crippen LogP contribution is -2.67. The number of carbonyl (C=O) groups excluding carboxylic acids is 4. The van der Waals surface area contributed by atoms with Crippen molar-refractivity contribution in [1.82, 2.24) is 5.32 Å². The number of methoxy groups -OCH3 is 1. The van der Waals surface area contributed by atoms with Crippen LogP contribution in [0.15, 0.2) is 24.3 Å². The standard InChI is InChI=1S/C21H27NO10/c1-11(23)22-18-20(30-14(4)26)19(29-13(3)25)17(10-28-12(2)24)32-21(18)31-16-8-6-7-15(9-16)27-5/h6-9,17-21H,10H2,1-5H3,(H,22,23)/t17-,18-,19+,20+,21-/m0/s1. The van der Waals surface area contributed by atoms with Crippen molar-refractivity contribution in [2.75, 3.05) is 13.7 Å². The van der Waals surface area contributed by atoms with Crippen molar-refractivity contribution in [3.8, 4) is 11.5 Å². The fraction of sp³-hybridized carbons (Fsp3) is 0.524. The number of carbonyl (C=O) groups is 4. The monoisotopic (exact) mass is 453 g/mol. The van der Waals surface area contributed by atoms with E-state index in [-0.39, 0.29) is 6.61 Å². The molecule has 32 heavy (non-hydrogen) atoms. The van der Waals surface area contributed by atoms with Crippen LogP contribution in [0.2, 0.25) is 0 Å². The molecule has 1 fully saturated rings. The molecule has 1 saturated heterocycles. The summed E-state index contributed by atoms with van der Waals surface area (Å²) in [4.78, 5) is 46.8. The Kier molecular flexibility index (Phi) is 8.82. The van der Waals surface area contributed by atoms with Gasteiger partial charge in [-0.15, -0.1) is 0 Å². The van der Waals surface area contributed by atoms with Gasteiger partial charge in [-0.2, -0.15) is 0 Å². The Morgan fingerprint density at radius 3 is 2.12 bits per heavy atom. The number of rotatable bonds is 8. The summed E-state index contributed by atoms with van der Waals surface area (Å²) >= 11 is 0. The van der Waals surface area contributed by atoms with Gasteiger partial charge in [0.25, 0.3) is 0 Å². The number of hydrogen-bond donors (Lipinski definition) is 1. The molecule has 5 atom stereocenters. The largest absolute Gasteiger partial charge is 0.497 e. The zero-order chi connectivity index (χ0) is 23.8. The maximum absolute atomic E-state index is 11.9. The van der Waals surface area contributed by atoms with Crippen molar-refractivity contribution < 1.29 is 47.6 Å². The van der Waals surface area contributed by atoms with Crippen LogP contribution in [-0.2, 0) is 38.1 Å². The van der Waals surface area contributed by atoms with Crippen LogP contribution in [0.5, 0.6) is 11.5 Å². The first kappa shape index (κ1) is 24.9. The van der Waals surface area contributed by atoms with E-state index in [0.29, 0.717) is 11.5 Å². The Labute approximate surface area is 185 Å². The first-order valence-electron chi connectivity index (χ1n) is 9.81. The second kappa shape index (κ2) is 11.3. The van der Waals surface area contributed by atoms with E-state index in [1.54, 1.807) is 24.3 Å². The molecule has 1 N–H and O–H groups in total. The molecule has 0 aliphatic carbocycles. The van der Waals surface area contributed by atoms with Crippen LogP contribution >= 0.6 is 0 Å². The summed E-state index contributed by atoms with van der Waals surface area (Å²) in [6.07, 6.45) is -4.61. The summed E-state index contributed by atoms with van der Waals surface area (Å²) < 4.78 is 32.8. The smallest absolute Gasteiger partial charge is 0.303 e. The number of esters is 3. The average molecular weight is 453 g/mol. The second-order valence-electron chi connectivity index (χ2n) is 7.02. The fourth-order valence-corrected chi connectivity index (χ4v) is 3.20. The molecule has 0 unspecified atom stereocenters. The summed E-state index contributed by atoms with van der Waals surface area (Å²) in [6.45, 7) is 4.50. The molecular formula is C21H27NO10. The average Bonchev–Trinajstić information content (AvgIpc) is 2.70. The highest BCUT2D eigenvalue weighted by molar-refractivity contribution is 5.73. The van der Waals surface area contributed by atoms with Gasteiger partial charge in [0.15, 0.2) is 12.2 Å². The highest BCUT2D eigenvalue weighted by Crippen LogP contribution is 2.30. The van der Waals surface area contributed by atoms with Gasteiger partial charge in [0.1, 0.15) is 30.3 Å². The quantitative estimate of drug-likeness (QED) is 0.443. The van der Waals surface area contributed by atoms with Crippen molar-refractivity contribution in [1.29, 1.82) is 0 Å². The Bertz CT molecular complexity index is 842. The first-order valence-corrected chi connectivity index (χ1v) is 9.81. The normalized spacial score (nSPS) is 24.6. The van der Waals surface area contributed by atoms with E-state index in [2.05, 4.69) is 5.32 Å². The maximum atomic E-state index is 11.9. The number of nitrogens with one attached hydrogen (secondary N) is 1. The van der Waals surface area contributed by atoms with E-state index in [1.807, 2.05) is 0 Å². The Hall–Kier alpha value is -3.34. The van der Waals surface area contributed by atoms with E-state index < -0.39 is 54.5 Å². The minimum Gasteiger partial charge on any atom is -0.497 e. The minimum atomic E-state index is -1.19. The Morgan fingerprint density at radius 1 is 0.938 bits per heavy atom. The molecule has 1 amide bonds. The van der Waals surface area contributed by atoms with Crippen molar-refractivity contribution >= 4 is 23.8 Å². The molecule has 1 aromatic rings. The van der Waals surface area contributed by atoms with Crippen LogP contribution in [0.3, 0.4) is 0 Å². The first-order chi connectivity index (χ1) is 15.1. The van der Waals surface area contributed by atoms with Gasteiger partial charge >= 0.3 is 17.9 Å². The highest BCUT2D eigenvalue weighted by atomic mass is 16.7. The Morgan fingerprint density at radius 2 is 1.56 bits per heavy atom. The highest BCUT2D eigenvalue weighted by Gasteiger charge is 2.51. The van der Waals surface area contributed by atoms with E-state index in [1.165, 1.54) is 34.8 Å². The van der Waals surface area contributed by atoms with Gasteiger partial charge in [0.05, 0.1) is 7.11 Å². The topological polar surface area (TPSA) is 136 Å². The van der Waals surface area contributed by atoms with E-state index in [4.69, 9.17) is 28.4 Å². The SMILES string of the molecule is COc1cccc(O[C@H]2O[C@@H](COC(C)=O)[C@@H](OC(C)=O)[C@H](OC(C)=O)[C@@H]2NC(C)=O)c1. The molecule has 11 heteroatoms.